The number of halogens is 2. The Morgan fingerprint density at radius 2 is 1.13 bits per heavy atom. The molecular weight excluding hydrogens is 704 g/mol. The molecule has 2 amide bonds. The maximum absolute atomic E-state index is 14.5. The highest BCUT2D eigenvalue weighted by atomic mass is 19.1. The molecule has 0 saturated heterocycles. The predicted octanol–water partition coefficient (Wildman–Crippen LogP) is 8.32. The van der Waals surface area contributed by atoms with Crippen LogP contribution in [0, 0.1) is 11.6 Å². The SMILES string of the molecule is COc1cc2nccc(Oc3ccc(N)c(F)c3)c2cc1OC.COc1cc2nccc(Oc3ccc(NC(=O)Nc4ccn[nH]4)c(F)c3)c2cc1OC. The monoisotopic (exact) mass is 737 g/mol. The summed E-state index contributed by atoms with van der Waals surface area (Å²) in [6.45, 7) is 0. The first-order valence-corrected chi connectivity index (χ1v) is 16.0. The number of fused-ring (bicyclic) bond motifs is 2. The summed E-state index contributed by atoms with van der Waals surface area (Å²) in [7, 11) is 6.18. The first kappa shape index (κ1) is 36.4. The van der Waals surface area contributed by atoms with Gasteiger partial charge in [-0.15, -0.1) is 0 Å². The first-order chi connectivity index (χ1) is 26.2. The largest absolute Gasteiger partial charge is 0.493 e. The molecule has 0 spiro atoms. The van der Waals surface area contributed by atoms with Crippen LogP contribution in [-0.4, -0.2) is 54.6 Å². The van der Waals surface area contributed by atoms with Crippen molar-refractivity contribution in [2.24, 2.45) is 0 Å². The van der Waals surface area contributed by atoms with Crippen molar-refractivity contribution in [1.29, 1.82) is 0 Å². The number of anilines is 3. The number of H-pyrrole nitrogens is 1. The molecule has 3 aromatic heterocycles. The van der Waals surface area contributed by atoms with E-state index in [0.29, 0.717) is 62.5 Å². The quantitative estimate of drug-likeness (QED) is 0.0993. The molecule has 7 rings (SSSR count). The normalized spacial score (nSPS) is 10.6. The number of nitrogens with zero attached hydrogens (tertiary/aromatic N) is 3. The molecule has 3 heterocycles. The number of urea groups is 1. The molecule has 14 nitrogen and oxygen atoms in total. The summed E-state index contributed by atoms with van der Waals surface area (Å²) in [4.78, 5) is 20.6. The van der Waals surface area contributed by atoms with Gasteiger partial charge in [0.1, 0.15) is 40.5 Å². The average Bonchev–Trinajstić information content (AvgIpc) is 3.69. The standard InChI is InChI=1S/C21H18FN5O4.C17H15FN2O3/c1-29-18-10-13-16(11-19(18)30-2)23-7-5-17(13)31-12-3-4-15(14(22)9-12)25-21(28)26-20-6-8-24-27-20;1-21-16-8-11-14(9-17(16)22-2)20-6-5-15(11)23-10-3-4-13(19)12(18)7-10/h3-11H,1-2H3,(H3,24,25,26,27,28);3-9H,19H2,1-2H3. The van der Waals surface area contributed by atoms with E-state index < -0.39 is 17.7 Å². The van der Waals surface area contributed by atoms with Crippen molar-refractivity contribution in [3.63, 3.8) is 0 Å². The molecule has 7 aromatic rings. The van der Waals surface area contributed by atoms with Crippen LogP contribution in [0.5, 0.6) is 46.0 Å². The molecule has 0 saturated carbocycles. The number of nitrogens with two attached hydrogens (primary N) is 1. The van der Waals surface area contributed by atoms with Gasteiger partial charge in [-0.3, -0.25) is 20.4 Å². The lowest BCUT2D eigenvalue weighted by atomic mass is 10.2. The zero-order chi connectivity index (χ0) is 38.2. The van der Waals surface area contributed by atoms with Crippen LogP contribution in [-0.2, 0) is 0 Å². The lowest BCUT2D eigenvalue weighted by Gasteiger charge is -2.13. The van der Waals surface area contributed by atoms with Crippen LogP contribution in [0.15, 0.2) is 97.5 Å². The van der Waals surface area contributed by atoms with E-state index in [1.54, 1.807) is 81.2 Å². The van der Waals surface area contributed by atoms with E-state index in [-0.39, 0.29) is 17.1 Å². The number of hydrogen-bond acceptors (Lipinski definition) is 11. The number of hydrogen-bond donors (Lipinski definition) is 4. The second-order valence-corrected chi connectivity index (χ2v) is 11.1. The second-order valence-electron chi connectivity index (χ2n) is 11.1. The van der Waals surface area contributed by atoms with Gasteiger partial charge >= 0.3 is 6.03 Å². The molecule has 0 bridgehead atoms. The summed E-state index contributed by atoms with van der Waals surface area (Å²) < 4.78 is 60.9. The summed E-state index contributed by atoms with van der Waals surface area (Å²) in [5.41, 5.74) is 6.85. The number of ether oxygens (including phenoxy) is 6. The molecule has 4 aromatic carbocycles. The van der Waals surface area contributed by atoms with Gasteiger partial charge in [0.05, 0.1) is 57.0 Å². The number of carbonyl (C=O) groups is 1. The van der Waals surface area contributed by atoms with Crippen molar-refractivity contribution in [3.05, 3.63) is 109 Å². The van der Waals surface area contributed by atoms with Crippen LogP contribution >= 0.6 is 0 Å². The molecule has 276 valence electrons. The van der Waals surface area contributed by atoms with Gasteiger partial charge < -0.3 is 39.5 Å². The number of benzene rings is 4. The van der Waals surface area contributed by atoms with Gasteiger partial charge in [-0.25, -0.2) is 13.6 Å². The van der Waals surface area contributed by atoms with E-state index in [2.05, 4.69) is 30.8 Å². The van der Waals surface area contributed by atoms with E-state index >= 15 is 0 Å². The molecule has 0 fully saturated rings. The average molecular weight is 738 g/mol. The molecular formula is C38H33F2N7O7. The summed E-state index contributed by atoms with van der Waals surface area (Å²) >= 11 is 0. The summed E-state index contributed by atoms with van der Waals surface area (Å²) in [5.74, 6) is 2.96. The third-order valence-corrected chi connectivity index (χ3v) is 7.78. The van der Waals surface area contributed by atoms with Gasteiger partial charge in [-0.05, 0) is 48.5 Å². The summed E-state index contributed by atoms with van der Waals surface area (Å²) in [5, 5.41) is 12.6. The third-order valence-electron chi connectivity index (χ3n) is 7.78. The van der Waals surface area contributed by atoms with E-state index in [4.69, 9.17) is 34.2 Å². The van der Waals surface area contributed by atoms with Crippen molar-refractivity contribution < 1.29 is 42.0 Å². The van der Waals surface area contributed by atoms with E-state index in [1.807, 2.05) is 0 Å². The van der Waals surface area contributed by atoms with Crippen molar-refractivity contribution >= 4 is 45.0 Å². The Morgan fingerprint density at radius 3 is 1.61 bits per heavy atom. The van der Waals surface area contributed by atoms with Gasteiger partial charge in [-0.2, -0.15) is 5.10 Å². The zero-order valence-corrected chi connectivity index (χ0v) is 29.3. The Hall–Kier alpha value is -7.36. The van der Waals surface area contributed by atoms with Crippen LogP contribution in [0.2, 0.25) is 0 Å². The van der Waals surface area contributed by atoms with Crippen molar-refractivity contribution in [2.45, 2.75) is 0 Å². The molecule has 0 radical (unpaired) electrons. The lowest BCUT2D eigenvalue weighted by molar-refractivity contribution is 0.262. The Bertz CT molecular complexity index is 2430. The topological polar surface area (TPSA) is 177 Å². The van der Waals surface area contributed by atoms with Gasteiger partial charge in [0.15, 0.2) is 23.0 Å². The molecule has 0 atom stereocenters. The molecule has 5 N–H and O–H groups in total. The Balaban J connectivity index is 0.000000193. The fourth-order valence-corrected chi connectivity index (χ4v) is 5.16. The van der Waals surface area contributed by atoms with Gasteiger partial charge in [0, 0.05) is 53.5 Å². The van der Waals surface area contributed by atoms with Crippen LogP contribution in [0.25, 0.3) is 21.8 Å². The number of amides is 2. The lowest BCUT2D eigenvalue weighted by Crippen LogP contribution is -2.20. The number of carbonyl (C=O) groups excluding carboxylic acids is 1. The molecule has 0 unspecified atom stereocenters. The highest BCUT2D eigenvalue weighted by molar-refractivity contribution is 5.99. The highest BCUT2D eigenvalue weighted by Gasteiger charge is 2.15. The Kier molecular flexibility index (Phi) is 11.0. The second kappa shape index (κ2) is 16.3. The molecule has 16 heteroatoms. The predicted molar refractivity (Wildman–Crippen MR) is 198 cm³/mol. The number of nitrogens with one attached hydrogen (secondary N) is 3. The van der Waals surface area contributed by atoms with E-state index in [1.165, 1.54) is 44.7 Å². The minimum atomic E-state index is -0.658. The summed E-state index contributed by atoms with van der Waals surface area (Å²) in [6.07, 6.45) is 4.67. The number of aromatic amines is 1. The smallest absolute Gasteiger partial charge is 0.324 e. The molecule has 0 aliphatic rings. The molecule has 0 aliphatic carbocycles. The number of methoxy groups -OCH3 is 4. The maximum atomic E-state index is 14.5. The number of nitrogen functional groups attached to an aromatic ring is 1. The van der Waals surface area contributed by atoms with Crippen LogP contribution < -0.4 is 44.8 Å². The van der Waals surface area contributed by atoms with Crippen molar-refractivity contribution in [3.8, 4) is 46.0 Å². The van der Waals surface area contributed by atoms with E-state index in [9.17, 15) is 13.6 Å². The van der Waals surface area contributed by atoms with Crippen LogP contribution in [0.1, 0.15) is 0 Å². The van der Waals surface area contributed by atoms with Gasteiger partial charge in [0.25, 0.3) is 0 Å². The summed E-state index contributed by atoms with van der Waals surface area (Å²) in [6, 6.07) is 19.7. The van der Waals surface area contributed by atoms with Crippen LogP contribution in [0.4, 0.5) is 30.8 Å². The van der Waals surface area contributed by atoms with E-state index in [0.717, 1.165) is 5.39 Å². The fraction of sp³-hybridized carbons (Fsp3) is 0.105. The Morgan fingerprint density at radius 1 is 0.611 bits per heavy atom. The number of rotatable bonds is 10. The minimum Gasteiger partial charge on any atom is -0.493 e. The maximum Gasteiger partial charge on any atom is 0.324 e. The van der Waals surface area contributed by atoms with Crippen molar-refractivity contribution in [2.75, 3.05) is 44.8 Å². The number of pyridine rings is 2. The fourth-order valence-electron chi connectivity index (χ4n) is 5.16. The van der Waals surface area contributed by atoms with Crippen LogP contribution in [0.3, 0.4) is 0 Å². The van der Waals surface area contributed by atoms with Gasteiger partial charge in [-0.1, -0.05) is 0 Å². The minimum absolute atomic E-state index is 0.00430. The highest BCUT2D eigenvalue weighted by Crippen LogP contribution is 2.38. The number of aromatic nitrogens is 4. The first-order valence-electron chi connectivity index (χ1n) is 16.0. The molecule has 54 heavy (non-hydrogen) atoms. The van der Waals surface area contributed by atoms with Gasteiger partial charge in [0.2, 0.25) is 0 Å². The third kappa shape index (κ3) is 8.23. The molecule has 0 aliphatic heterocycles. The Labute approximate surface area is 306 Å². The zero-order valence-electron chi connectivity index (χ0n) is 29.3. The van der Waals surface area contributed by atoms with Crippen molar-refractivity contribution in [1.82, 2.24) is 20.2 Å².